The van der Waals surface area contributed by atoms with E-state index in [0.29, 0.717) is 6.42 Å². The van der Waals surface area contributed by atoms with Crippen LogP contribution < -0.4 is 5.32 Å². The molecule has 3 saturated heterocycles. The van der Waals surface area contributed by atoms with Gasteiger partial charge in [0.25, 0.3) is 0 Å². The number of allylic oxidation sites excluding steroid dienone is 1. The van der Waals surface area contributed by atoms with E-state index >= 15 is 0 Å². The molecule has 3 aliphatic rings. The fourth-order valence-corrected chi connectivity index (χ4v) is 6.48. The summed E-state index contributed by atoms with van der Waals surface area (Å²) < 4.78 is 33.6. The number of carbonyl (C=O) groups excluding carboxylic acids is 1. The molecule has 19 nitrogen and oxygen atoms in total. The second-order valence-corrected chi connectivity index (χ2v) is 14.0. The summed E-state index contributed by atoms with van der Waals surface area (Å²) in [6.45, 7) is 1.36. The third kappa shape index (κ3) is 12.8. The number of aliphatic hydroxyl groups is 11. The van der Waals surface area contributed by atoms with Crippen LogP contribution in [0.5, 0.6) is 0 Å². The van der Waals surface area contributed by atoms with Crippen LogP contribution in [-0.4, -0.2) is 193 Å². The minimum atomic E-state index is -1.97. The predicted octanol–water partition coefficient (Wildman–Crippen LogP) is -3.60. The summed E-state index contributed by atoms with van der Waals surface area (Å²) in [6, 6.07) is -0.957. The molecule has 12 N–H and O–H groups in total. The van der Waals surface area contributed by atoms with Crippen molar-refractivity contribution in [3.8, 4) is 0 Å². The average molecular weight is 786 g/mol. The van der Waals surface area contributed by atoms with Gasteiger partial charge in [-0.2, -0.15) is 0 Å². The number of amides is 1. The van der Waals surface area contributed by atoms with E-state index in [1.54, 1.807) is 6.08 Å². The van der Waals surface area contributed by atoms with Crippen molar-refractivity contribution in [1.29, 1.82) is 0 Å². The van der Waals surface area contributed by atoms with Crippen molar-refractivity contribution in [3.63, 3.8) is 0 Å². The monoisotopic (exact) mass is 785 g/mol. The summed E-state index contributed by atoms with van der Waals surface area (Å²) in [7, 11) is 0. The third-order valence-corrected chi connectivity index (χ3v) is 9.84. The summed E-state index contributed by atoms with van der Waals surface area (Å²) in [4.78, 5) is 12.7. The highest BCUT2D eigenvalue weighted by Gasteiger charge is 2.53. The Morgan fingerprint density at radius 1 is 0.648 bits per heavy atom. The van der Waals surface area contributed by atoms with Crippen LogP contribution >= 0.6 is 0 Å². The maximum atomic E-state index is 12.7. The Morgan fingerprint density at radius 2 is 1.15 bits per heavy atom. The van der Waals surface area contributed by atoms with Crippen molar-refractivity contribution < 1.29 is 89.4 Å². The largest absolute Gasteiger partial charge is 0.394 e. The first-order valence-corrected chi connectivity index (χ1v) is 18.9. The second kappa shape index (κ2) is 23.7. The Hall–Kier alpha value is -1.47. The summed E-state index contributed by atoms with van der Waals surface area (Å²) in [5.74, 6) is -0.305. The molecule has 316 valence electrons. The fraction of sp³-hybridized carbons (Fsp3) is 0.914. The van der Waals surface area contributed by atoms with Crippen molar-refractivity contribution in [2.24, 2.45) is 0 Å². The molecule has 3 fully saturated rings. The van der Waals surface area contributed by atoms with Crippen LogP contribution in [0, 0.1) is 0 Å². The van der Waals surface area contributed by atoms with Gasteiger partial charge in [-0.3, -0.25) is 4.79 Å². The smallest absolute Gasteiger partial charge is 0.220 e. The normalized spacial score (nSPS) is 38.7. The fourth-order valence-electron chi connectivity index (χ4n) is 6.48. The van der Waals surface area contributed by atoms with E-state index in [1.807, 2.05) is 6.08 Å². The lowest BCUT2D eigenvalue weighted by molar-refractivity contribution is -0.379. The lowest BCUT2D eigenvalue weighted by Gasteiger charge is -2.48. The Labute approximate surface area is 315 Å². The highest BCUT2D eigenvalue weighted by atomic mass is 16.8. The Balaban J connectivity index is 1.66. The zero-order valence-electron chi connectivity index (χ0n) is 30.9. The molecular weight excluding hydrogens is 722 g/mol. The Kier molecular flexibility index (Phi) is 20.6. The van der Waals surface area contributed by atoms with Crippen molar-refractivity contribution in [1.82, 2.24) is 5.32 Å². The molecule has 0 aromatic rings. The van der Waals surface area contributed by atoms with Crippen LogP contribution in [0.15, 0.2) is 12.2 Å². The topological polar surface area (TPSA) is 307 Å². The third-order valence-electron chi connectivity index (χ3n) is 9.84. The molecule has 0 aromatic heterocycles. The van der Waals surface area contributed by atoms with Crippen LogP contribution in [-0.2, 0) is 33.2 Å². The summed E-state index contributed by atoms with van der Waals surface area (Å²) in [5, 5.41) is 118. The molecule has 0 spiro atoms. The number of ether oxygens (including phenoxy) is 6. The number of hydrogen-bond acceptors (Lipinski definition) is 18. The lowest BCUT2D eigenvalue weighted by atomic mass is 9.96. The Morgan fingerprint density at radius 3 is 1.70 bits per heavy atom. The zero-order chi connectivity index (χ0) is 39.9. The van der Waals surface area contributed by atoms with Gasteiger partial charge in [0, 0.05) is 6.42 Å². The SMILES string of the molecule is CCCCC/C=C/C(O)C(COC1OC(CO)C(OC2OC(CO)C(OC3OC(CO)C(O)C(O)C3O)C(O)C2O)C(O)C1O)NC(=O)CCCCCC. The first-order valence-electron chi connectivity index (χ1n) is 18.9. The number of nitrogens with one attached hydrogen (secondary N) is 1. The maximum absolute atomic E-state index is 12.7. The second-order valence-electron chi connectivity index (χ2n) is 14.0. The quantitative estimate of drug-likeness (QED) is 0.0373. The van der Waals surface area contributed by atoms with Crippen molar-refractivity contribution in [3.05, 3.63) is 12.2 Å². The van der Waals surface area contributed by atoms with Gasteiger partial charge in [-0.1, -0.05) is 58.1 Å². The predicted molar refractivity (Wildman–Crippen MR) is 185 cm³/mol. The standard InChI is InChI=1S/C35H63NO18/c1-3-5-7-9-10-12-19(40)18(36-23(41)13-11-8-6-4-2)17-49-33-29(47)26(44)31(21(15-38)51-33)54-35-30(48)27(45)32(22(16-39)52-35)53-34-28(46)25(43)24(42)20(14-37)50-34/h10,12,18-22,24-35,37-40,42-48H,3-9,11,13-17H2,1-2H3,(H,36,41)/b12-10+. The molecule has 3 heterocycles. The van der Waals surface area contributed by atoms with E-state index in [9.17, 15) is 61.0 Å². The molecule has 0 saturated carbocycles. The number of unbranched alkanes of at least 4 members (excludes halogenated alkanes) is 6. The van der Waals surface area contributed by atoms with E-state index in [-0.39, 0.29) is 18.9 Å². The molecule has 17 unspecified atom stereocenters. The molecule has 0 aromatic carbocycles. The highest BCUT2D eigenvalue weighted by molar-refractivity contribution is 5.76. The van der Waals surface area contributed by atoms with Gasteiger partial charge >= 0.3 is 0 Å². The number of rotatable bonds is 22. The maximum Gasteiger partial charge on any atom is 0.220 e. The van der Waals surface area contributed by atoms with Crippen LogP contribution in [0.25, 0.3) is 0 Å². The van der Waals surface area contributed by atoms with Gasteiger partial charge in [-0.15, -0.1) is 0 Å². The van der Waals surface area contributed by atoms with Gasteiger partial charge in [-0.25, -0.2) is 0 Å². The van der Waals surface area contributed by atoms with E-state index in [0.717, 1.165) is 44.9 Å². The number of aliphatic hydroxyl groups excluding tert-OH is 11. The molecule has 54 heavy (non-hydrogen) atoms. The Bertz CT molecular complexity index is 1080. The summed E-state index contributed by atoms with van der Waals surface area (Å²) in [5.41, 5.74) is 0. The van der Waals surface area contributed by atoms with Crippen molar-refractivity contribution in [2.75, 3.05) is 26.4 Å². The number of carbonyl (C=O) groups is 1. The van der Waals surface area contributed by atoms with Gasteiger partial charge in [0.15, 0.2) is 18.9 Å². The molecular formula is C35H63NO18. The first kappa shape index (κ1) is 46.9. The van der Waals surface area contributed by atoms with Gasteiger partial charge < -0.3 is 89.9 Å². The average Bonchev–Trinajstić information content (AvgIpc) is 3.16. The molecule has 3 rings (SSSR count). The van der Waals surface area contributed by atoms with Gasteiger partial charge in [0.2, 0.25) is 5.91 Å². The first-order chi connectivity index (χ1) is 25.8. The van der Waals surface area contributed by atoms with E-state index < -0.39 is 124 Å². The van der Waals surface area contributed by atoms with Crippen LogP contribution in [0.1, 0.15) is 71.6 Å². The van der Waals surface area contributed by atoms with Crippen LogP contribution in [0.4, 0.5) is 0 Å². The highest BCUT2D eigenvalue weighted by Crippen LogP contribution is 2.32. The molecule has 17 atom stereocenters. The zero-order valence-corrected chi connectivity index (χ0v) is 30.9. The summed E-state index contributed by atoms with van der Waals surface area (Å²) >= 11 is 0. The van der Waals surface area contributed by atoms with Crippen molar-refractivity contribution in [2.45, 2.75) is 176 Å². The minimum Gasteiger partial charge on any atom is -0.394 e. The van der Waals surface area contributed by atoms with Gasteiger partial charge in [0.05, 0.1) is 38.6 Å². The van der Waals surface area contributed by atoms with Crippen LogP contribution in [0.3, 0.4) is 0 Å². The molecule has 19 heteroatoms. The molecule has 0 radical (unpaired) electrons. The summed E-state index contributed by atoms with van der Waals surface area (Å²) in [6.07, 6.45) is -15.9. The molecule has 3 aliphatic heterocycles. The molecule has 0 aliphatic carbocycles. The van der Waals surface area contributed by atoms with Crippen molar-refractivity contribution >= 4 is 5.91 Å². The van der Waals surface area contributed by atoms with Gasteiger partial charge in [-0.05, 0) is 19.3 Å². The minimum absolute atomic E-state index is 0.234. The van der Waals surface area contributed by atoms with E-state index in [1.165, 1.54) is 0 Å². The van der Waals surface area contributed by atoms with E-state index in [4.69, 9.17) is 28.4 Å². The number of hydrogen-bond donors (Lipinski definition) is 12. The molecule has 1 amide bonds. The lowest BCUT2D eigenvalue weighted by Crippen LogP contribution is -2.66. The van der Waals surface area contributed by atoms with E-state index in [2.05, 4.69) is 19.2 Å². The van der Waals surface area contributed by atoms with Gasteiger partial charge in [0.1, 0.15) is 73.2 Å². The van der Waals surface area contributed by atoms with Crippen LogP contribution in [0.2, 0.25) is 0 Å². The molecule has 0 bridgehead atoms.